The van der Waals surface area contributed by atoms with Crippen molar-refractivity contribution >= 4 is 80.8 Å². The fourth-order valence-electron chi connectivity index (χ4n) is 3.44. The Balaban J connectivity index is 1.21. The summed E-state index contributed by atoms with van der Waals surface area (Å²) < 4.78 is 5.76. The Morgan fingerprint density at radius 3 is 2.54 bits per heavy atom. The maximum Gasteiger partial charge on any atom is 0.250 e. The summed E-state index contributed by atoms with van der Waals surface area (Å²) in [6.07, 6.45) is 2.85. The molecule has 7 nitrogen and oxygen atoms in total. The van der Waals surface area contributed by atoms with E-state index in [1.807, 2.05) is 18.2 Å². The molecule has 0 radical (unpaired) electrons. The molecule has 0 aliphatic heterocycles. The molecule has 0 saturated heterocycles. The van der Waals surface area contributed by atoms with Crippen molar-refractivity contribution in [1.29, 1.82) is 0 Å². The normalized spacial score (nSPS) is 11.2. The molecule has 2 heterocycles. The Labute approximate surface area is 231 Å². The lowest BCUT2D eigenvalue weighted by atomic mass is 10.2. The Hall–Kier alpha value is -3.69. The molecular weight excluding hydrogens is 553 g/mol. The van der Waals surface area contributed by atoms with Gasteiger partial charge >= 0.3 is 0 Å². The van der Waals surface area contributed by atoms with Crippen molar-refractivity contribution in [3.8, 4) is 17.0 Å². The van der Waals surface area contributed by atoms with Gasteiger partial charge in [0.15, 0.2) is 5.11 Å². The number of thiocarbonyl (C=S) groups is 1. The second kappa shape index (κ2) is 10.7. The van der Waals surface area contributed by atoms with E-state index in [0.29, 0.717) is 48.9 Å². The van der Waals surface area contributed by atoms with Crippen LogP contribution in [0.4, 0.5) is 5.69 Å². The molecule has 184 valence electrons. The number of benzene rings is 3. The number of anilines is 1. The minimum atomic E-state index is -0.425. The predicted octanol–water partition coefficient (Wildman–Crippen LogP) is 7.17. The first kappa shape index (κ1) is 25.0. The highest BCUT2D eigenvalue weighted by Crippen LogP contribution is 2.34. The Morgan fingerprint density at radius 2 is 1.73 bits per heavy atom. The zero-order valence-corrected chi connectivity index (χ0v) is 21.9. The van der Waals surface area contributed by atoms with E-state index in [4.69, 9.17) is 51.4 Å². The second-order valence-electron chi connectivity index (χ2n) is 7.75. The first-order chi connectivity index (χ1) is 17.9. The molecular formula is C26H16Cl3N5O2S. The quantitative estimate of drug-likeness (QED) is 0.173. The third kappa shape index (κ3) is 5.84. The molecule has 37 heavy (non-hydrogen) atoms. The van der Waals surface area contributed by atoms with Gasteiger partial charge in [-0.1, -0.05) is 40.9 Å². The van der Waals surface area contributed by atoms with Crippen LogP contribution in [0.1, 0.15) is 5.76 Å². The average molecular weight is 569 g/mol. The summed E-state index contributed by atoms with van der Waals surface area (Å²) in [4.78, 5) is 13.9. The molecule has 5 rings (SSSR count). The summed E-state index contributed by atoms with van der Waals surface area (Å²) in [6, 6.07) is 21.3. The minimum absolute atomic E-state index is 0.130. The Bertz CT molecular complexity index is 1660. The lowest BCUT2D eigenvalue weighted by Gasteiger charge is -2.07. The fourth-order valence-corrected chi connectivity index (χ4v) is 4.18. The number of hydrogen-bond donors (Lipinski definition) is 2. The fraction of sp³-hybridized carbons (Fsp3) is 0. The zero-order chi connectivity index (χ0) is 25.9. The molecule has 0 saturated carbocycles. The molecule has 0 bridgehead atoms. The number of fused-ring (bicyclic) bond motifs is 1. The van der Waals surface area contributed by atoms with Crippen LogP contribution >= 0.6 is 47.0 Å². The molecule has 2 aromatic heterocycles. The first-order valence-corrected chi connectivity index (χ1v) is 12.4. The van der Waals surface area contributed by atoms with Crippen molar-refractivity contribution in [3.05, 3.63) is 99.7 Å². The minimum Gasteiger partial charge on any atom is -0.457 e. The van der Waals surface area contributed by atoms with Crippen LogP contribution in [0.2, 0.25) is 15.1 Å². The monoisotopic (exact) mass is 567 g/mol. The SMILES string of the molecule is O=C(/C=C/c1ccc(-c2cccc(Cl)c2Cl)o1)NC(=S)Nc1ccc2nn(-c3ccc(Cl)cc3)nc2c1. The van der Waals surface area contributed by atoms with E-state index in [2.05, 4.69) is 20.8 Å². The number of amides is 1. The maximum atomic E-state index is 12.3. The van der Waals surface area contributed by atoms with E-state index < -0.39 is 5.91 Å². The molecule has 0 atom stereocenters. The summed E-state index contributed by atoms with van der Waals surface area (Å²) >= 11 is 23.5. The van der Waals surface area contributed by atoms with E-state index in [0.717, 1.165) is 5.69 Å². The summed E-state index contributed by atoms with van der Waals surface area (Å²) in [5.41, 5.74) is 3.45. The summed E-state index contributed by atoms with van der Waals surface area (Å²) in [7, 11) is 0. The highest BCUT2D eigenvalue weighted by atomic mass is 35.5. The van der Waals surface area contributed by atoms with Crippen molar-refractivity contribution in [3.63, 3.8) is 0 Å². The lowest BCUT2D eigenvalue weighted by molar-refractivity contribution is -0.115. The van der Waals surface area contributed by atoms with Crippen molar-refractivity contribution in [2.24, 2.45) is 0 Å². The van der Waals surface area contributed by atoms with Crippen molar-refractivity contribution < 1.29 is 9.21 Å². The Kier molecular flexibility index (Phi) is 7.25. The van der Waals surface area contributed by atoms with Gasteiger partial charge in [0.1, 0.15) is 22.6 Å². The number of nitrogens with zero attached hydrogens (tertiary/aromatic N) is 3. The van der Waals surface area contributed by atoms with Crippen LogP contribution in [-0.2, 0) is 4.79 Å². The number of carbonyl (C=O) groups is 1. The largest absolute Gasteiger partial charge is 0.457 e. The van der Waals surface area contributed by atoms with Gasteiger partial charge in [-0.15, -0.1) is 10.2 Å². The standard InChI is InChI=1S/C26H16Cl3N5O2S/c27-15-4-7-17(8-5-15)34-32-21-11-6-16(14-22(21)33-34)30-26(37)31-24(35)13-10-18-9-12-23(36-18)19-2-1-3-20(28)25(19)29/h1-14H,(H2,30,31,35,37)/b13-10+. The highest BCUT2D eigenvalue weighted by molar-refractivity contribution is 7.80. The second-order valence-corrected chi connectivity index (χ2v) is 9.38. The molecule has 3 aromatic carbocycles. The number of furan rings is 1. The molecule has 0 aliphatic rings. The van der Waals surface area contributed by atoms with E-state index in [9.17, 15) is 4.79 Å². The summed E-state index contributed by atoms with van der Waals surface area (Å²) in [5.74, 6) is 0.577. The summed E-state index contributed by atoms with van der Waals surface area (Å²) in [6.45, 7) is 0. The molecule has 2 N–H and O–H groups in total. The van der Waals surface area contributed by atoms with Gasteiger partial charge in [-0.25, -0.2) is 0 Å². The van der Waals surface area contributed by atoms with Crippen LogP contribution in [-0.4, -0.2) is 26.0 Å². The van der Waals surface area contributed by atoms with Gasteiger partial charge in [-0.05, 0) is 85.0 Å². The highest BCUT2D eigenvalue weighted by Gasteiger charge is 2.11. The van der Waals surface area contributed by atoms with Crippen molar-refractivity contribution in [2.45, 2.75) is 0 Å². The van der Waals surface area contributed by atoms with Gasteiger partial charge in [0.25, 0.3) is 0 Å². The zero-order valence-electron chi connectivity index (χ0n) is 18.8. The molecule has 5 aromatic rings. The number of halogens is 3. The van der Waals surface area contributed by atoms with Gasteiger partial charge in [0.2, 0.25) is 5.91 Å². The maximum absolute atomic E-state index is 12.3. The van der Waals surface area contributed by atoms with E-state index >= 15 is 0 Å². The van der Waals surface area contributed by atoms with Gasteiger partial charge in [-0.2, -0.15) is 4.80 Å². The first-order valence-electron chi connectivity index (χ1n) is 10.8. The third-order valence-corrected chi connectivity index (χ3v) is 6.45. The van der Waals surface area contributed by atoms with E-state index in [1.54, 1.807) is 54.6 Å². The van der Waals surface area contributed by atoms with Crippen LogP contribution in [0.3, 0.4) is 0 Å². The number of hydrogen-bond acceptors (Lipinski definition) is 5. The van der Waals surface area contributed by atoms with Gasteiger partial charge < -0.3 is 9.73 Å². The van der Waals surface area contributed by atoms with Crippen LogP contribution < -0.4 is 10.6 Å². The summed E-state index contributed by atoms with van der Waals surface area (Å²) in [5, 5.41) is 16.1. The molecule has 0 aliphatic carbocycles. The van der Waals surface area contributed by atoms with Crippen molar-refractivity contribution in [2.75, 3.05) is 5.32 Å². The van der Waals surface area contributed by atoms with E-state index in [1.165, 1.54) is 16.9 Å². The van der Waals surface area contributed by atoms with Crippen molar-refractivity contribution in [1.82, 2.24) is 20.3 Å². The van der Waals surface area contributed by atoms with Gasteiger partial charge in [0, 0.05) is 22.3 Å². The molecule has 1 amide bonds. The van der Waals surface area contributed by atoms with Crippen LogP contribution in [0, 0.1) is 0 Å². The van der Waals surface area contributed by atoms with Crippen LogP contribution in [0.15, 0.2) is 83.3 Å². The average Bonchev–Trinajstić information content (AvgIpc) is 3.52. The number of rotatable bonds is 5. The topological polar surface area (TPSA) is 85.0 Å². The van der Waals surface area contributed by atoms with Crippen LogP contribution in [0.5, 0.6) is 0 Å². The van der Waals surface area contributed by atoms with Gasteiger partial charge in [-0.3, -0.25) is 10.1 Å². The number of aromatic nitrogens is 3. The number of carbonyl (C=O) groups excluding carboxylic acids is 1. The van der Waals surface area contributed by atoms with E-state index in [-0.39, 0.29) is 5.11 Å². The predicted molar refractivity (Wildman–Crippen MR) is 151 cm³/mol. The lowest BCUT2D eigenvalue weighted by Crippen LogP contribution is -2.32. The molecule has 0 unspecified atom stereocenters. The smallest absolute Gasteiger partial charge is 0.250 e. The Morgan fingerprint density at radius 1 is 0.946 bits per heavy atom. The number of nitrogens with one attached hydrogen (secondary N) is 2. The molecule has 11 heteroatoms. The molecule has 0 fully saturated rings. The van der Waals surface area contributed by atoms with Crippen LogP contribution in [0.25, 0.3) is 34.1 Å². The molecule has 0 spiro atoms. The third-order valence-electron chi connectivity index (χ3n) is 5.18. The van der Waals surface area contributed by atoms with Gasteiger partial charge in [0.05, 0.1) is 15.7 Å².